The van der Waals surface area contributed by atoms with Crippen LogP contribution in [-0.4, -0.2) is 97.6 Å². The molecule has 358 valence electrons. The molecule has 0 bridgehead atoms. The van der Waals surface area contributed by atoms with Gasteiger partial charge in [-0.25, -0.2) is 0 Å². The maximum absolute atomic E-state index is 11.7. The summed E-state index contributed by atoms with van der Waals surface area (Å²) in [4.78, 5) is 11.7. The average molecular weight is 924 g/mol. The van der Waals surface area contributed by atoms with Crippen LogP contribution in [0, 0.1) is 17.2 Å². The van der Waals surface area contributed by atoms with Crippen molar-refractivity contribution in [2.45, 2.75) is 256 Å². The van der Waals surface area contributed by atoms with Gasteiger partial charge in [-0.3, -0.25) is 4.79 Å². The first-order valence-corrected chi connectivity index (χ1v) is 32.0. The molecule has 14 heteroatoms. The molecule has 3 saturated heterocycles. The van der Waals surface area contributed by atoms with Gasteiger partial charge in [-0.2, -0.15) is 5.26 Å². The van der Waals surface area contributed by atoms with Crippen molar-refractivity contribution in [3.05, 3.63) is 25.3 Å². The number of ether oxygens (including phenoxy) is 6. The summed E-state index contributed by atoms with van der Waals surface area (Å²) in [5.41, 5.74) is -1.18. The Morgan fingerprint density at radius 3 is 1.95 bits per heavy atom. The zero-order chi connectivity index (χ0) is 47.5. The standard InChI is InChI=1S/C48H89NO10Si3/c1-22-24-39-38(23-2)41(58-62(20,21)45(11,12)13)31-48(55-39)32-42(52-35(4)53-48)40(57-61(18,19)44(8,9)10)25-27-47(33-49)30-37(54-46(14,15)59-47)29-36(26-28-51-34(3)50)56-60(16,17)43(5,6)7/h22-23,35-42H,1-2,24-32H2,3-21H3/t35?,36-,37-,38-,39-,40+,41-,42+,47+,48-/m0/s1. The van der Waals surface area contributed by atoms with Crippen molar-refractivity contribution in [3.63, 3.8) is 0 Å². The predicted molar refractivity (Wildman–Crippen MR) is 255 cm³/mol. The Hall–Kier alpha value is -1.23. The van der Waals surface area contributed by atoms with E-state index in [1.54, 1.807) is 0 Å². The van der Waals surface area contributed by atoms with E-state index >= 15 is 0 Å². The van der Waals surface area contributed by atoms with Gasteiger partial charge in [0, 0.05) is 38.5 Å². The number of rotatable bonds is 18. The molecule has 3 rings (SSSR count). The van der Waals surface area contributed by atoms with Gasteiger partial charge in [-0.1, -0.05) is 74.5 Å². The van der Waals surface area contributed by atoms with E-state index in [1.807, 2.05) is 32.9 Å². The van der Waals surface area contributed by atoms with Crippen molar-refractivity contribution >= 4 is 30.9 Å². The third-order valence-corrected chi connectivity index (χ3v) is 28.2. The van der Waals surface area contributed by atoms with E-state index in [-0.39, 0.29) is 58.0 Å². The second-order valence-corrected chi connectivity index (χ2v) is 37.7. The summed E-state index contributed by atoms with van der Waals surface area (Å²) < 4.78 is 60.7. The molecule has 3 aliphatic heterocycles. The fraction of sp³-hybridized carbons (Fsp3) is 0.875. The van der Waals surface area contributed by atoms with E-state index in [0.29, 0.717) is 51.4 Å². The average Bonchev–Trinajstić information content (AvgIpc) is 3.07. The van der Waals surface area contributed by atoms with Gasteiger partial charge in [0.15, 0.2) is 48.4 Å². The predicted octanol–water partition coefficient (Wildman–Crippen LogP) is 12.1. The summed E-state index contributed by atoms with van der Waals surface area (Å²) >= 11 is 0. The molecule has 1 spiro atoms. The minimum absolute atomic E-state index is 0.00562. The van der Waals surface area contributed by atoms with Crippen LogP contribution in [0.5, 0.6) is 0 Å². The SMILES string of the molecule is C=CC[C@@H]1O[C@@]2(C[C@H](O[Si](C)(C)C(C)(C)C)[C@H]1C=C)C[C@H]([C@@H](CC[C@]1(C#N)C[C@H](C[C@H](CCOC(C)=O)O[Si](C)(C)C(C)(C)C)OC(C)(C)O1)O[Si](C)(C)C(C)(C)C)OC(C)O2. The minimum Gasteiger partial charge on any atom is -0.466 e. The number of esters is 1. The molecule has 3 heterocycles. The highest BCUT2D eigenvalue weighted by atomic mass is 28.4. The van der Waals surface area contributed by atoms with Crippen molar-refractivity contribution in [2.75, 3.05) is 6.61 Å². The van der Waals surface area contributed by atoms with Gasteiger partial charge in [0.25, 0.3) is 0 Å². The summed E-state index contributed by atoms with van der Waals surface area (Å²) in [6.07, 6.45) is 5.37. The lowest BCUT2D eigenvalue weighted by Crippen LogP contribution is -2.62. The number of hydrogen-bond donors (Lipinski definition) is 0. The second kappa shape index (κ2) is 20.3. The van der Waals surface area contributed by atoms with Crippen LogP contribution in [0.2, 0.25) is 54.4 Å². The van der Waals surface area contributed by atoms with Crippen LogP contribution in [0.15, 0.2) is 25.3 Å². The van der Waals surface area contributed by atoms with E-state index in [0.717, 1.165) is 0 Å². The maximum Gasteiger partial charge on any atom is 0.302 e. The highest BCUT2D eigenvalue weighted by Crippen LogP contribution is 2.49. The number of nitrogens with zero attached hydrogens (tertiary/aromatic N) is 1. The summed E-state index contributed by atoms with van der Waals surface area (Å²) in [6, 6.07) is 2.63. The molecular formula is C48H89NO10Si3. The molecule has 0 aromatic rings. The lowest BCUT2D eigenvalue weighted by molar-refractivity contribution is -0.397. The van der Waals surface area contributed by atoms with Crippen LogP contribution in [0.1, 0.15) is 141 Å². The Balaban J connectivity index is 2.02. The van der Waals surface area contributed by atoms with Crippen LogP contribution in [0.25, 0.3) is 0 Å². The molecule has 0 saturated carbocycles. The van der Waals surface area contributed by atoms with E-state index in [9.17, 15) is 10.1 Å². The highest BCUT2D eigenvalue weighted by Gasteiger charge is 2.56. The maximum atomic E-state index is 11.7. The minimum atomic E-state index is -2.39. The van der Waals surface area contributed by atoms with Gasteiger partial charge in [0.05, 0.1) is 49.3 Å². The fourth-order valence-electron chi connectivity index (χ4n) is 8.29. The Morgan fingerprint density at radius 2 is 1.44 bits per heavy atom. The molecule has 62 heavy (non-hydrogen) atoms. The Labute approximate surface area is 381 Å². The van der Waals surface area contributed by atoms with Crippen LogP contribution >= 0.6 is 0 Å². The highest BCUT2D eigenvalue weighted by molar-refractivity contribution is 6.75. The van der Waals surface area contributed by atoms with Gasteiger partial charge >= 0.3 is 5.97 Å². The zero-order valence-corrected chi connectivity index (χ0v) is 45.6. The number of carbonyl (C=O) groups excluding carboxylic acids is 1. The Morgan fingerprint density at radius 1 is 0.855 bits per heavy atom. The summed E-state index contributed by atoms with van der Waals surface area (Å²) in [6.45, 7) is 49.4. The van der Waals surface area contributed by atoms with Crippen LogP contribution < -0.4 is 0 Å². The molecule has 0 aromatic carbocycles. The first-order chi connectivity index (χ1) is 28.0. The van der Waals surface area contributed by atoms with Gasteiger partial charge < -0.3 is 41.7 Å². The lowest BCUT2D eigenvalue weighted by Gasteiger charge is -2.54. The quantitative estimate of drug-likeness (QED) is 0.0741. The third kappa shape index (κ3) is 14.4. The van der Waals surface area contributed by atoms with Crippen molar-refractivity contribution in [1.82, 2.24) is 0 Å². The summed E-state index contributed by atoms with van der Waals surface area (Å²) in [7, 11) is -6.82. The molecule has 3 fully saturated rings. The normalized spacial score (nSPS) is 31.2. The van der Waals surface area contributed by atoms with E-state index in [1.165, 1.54) is 6.92 Å². The second-order valence-electron chi connectivity index (χ2n) is 23.5. The summed E-state index contributed by atoms with van der Waals surface area (Å²) in [5.74, 6) is -2.41. The van der Waals surface area contributed by atoms with E-state index < -0.39 is 60.6 Å². The molecule has 0 aliphatic carbocycles. The van der Waals surface area contributed by atoms with Crippen molar-refractivity contribution in [2.24, 2.45) is 5.92 Å². The van der Waals surface area contributed by atoms with E-state index in [2.05, 4.69) is 121 Å². The van der Waals surface area contributed by atoms with Crippen LogP contribution in [0.3, 0.4) is 0 Å². The number of nitriles is 1. The zero-order valence-electron chi connectivity index (χ0n) is 42.6. The first-order valence-electron chi connectivity index (χ1n) is 23.3. The smallest absolute Gasteiger partial charge is 0.302 e. The molecule has 10 atom stereocenters. The largest absolute Gasteiger partial charge is 0.466 e. The topological polar surface area (TPSA) is 124 Å². The molecule has 3 aliphatic rings. The van der Waals surface area contributed by atoms with Crippen molar-refractivity contribution in [3.8, 4) is 6.07 Å². The molecule has 0 aromatic heterocycles. The first kappa shape index (κ1) is 55.1. The van der Waals surface area contributed by atoms with Crippen molar-refractivity contribution < 1.29 is 46.5 Å². The molecular weight excluding hydrogens is 835 g/mol. The van der Waals surface area contributed by atoms with Crippen LogP contribution in [-0.2, 0) is 46.5 Å². The Bertz CT molecular complexity index is 1560. The van der Waals surface area contributed by atoms with E-state index in [4.69, 9.17) is 41.7 Å². The number of hydrogen-bond acceptors (Lipinski definition) is 11. The van der Waals surface area contributed by atoms with Gasteiger partial charge in [0.2, 0.25) is 0 Å². The molecule has 1 unspecified atom stereocenters. The van der Waals surface area contributed by atoms with Gasteiger partial charge in [-0.15, -0.1) is 13.2 Å². The lowest BCUT2D eigenvalue weighted by atomic mass is 9.82. The molecule has 0 N–H and O–H groups in total. The van der Waals surface area contributed by atoms with Crippen molar-refractivity contribution in [1.29, 1.82) is 5.26 Å². The van der Waals surface area contributed by atoms with Crippen LogP contribution in [0.4, 0.5) is 0 Å². The van der Waals surface area contributed by atoms with Gasteiger partial charge in [-0.05, 0) is 101 Å². The third-order valence-electron chi connectivity index (χ3n) is 14.6. The molecule has 11 nitrogen and oxygen atoms in total. The molecule has 0 amide bonds. The Kier molecular flexibility index (Phi) is 18.1. The molecule has 0 radical (unpaired) electrons. The fourth-order valence-corrected chi connectivity index (χ4v) is 12.4. The van der Waals surface area contributed by atoms with Gasteiger partial charge in [0.1, 0.15) is 0 Å². The summed E-state index contributed by atoms with van der Waals surface area (Å²) in [5, 5.41) is 11.0. The number of carbonyl (C=O) groups is 1. The monoisotopic (exact) mass is 924 g/mol.